The number of ether oxygens (including phenoxy) is 2. The van der Waals surface area contributed by atoms with Crippen LogP contribution in [0.3, 0.4) is 0 Å². The van der Waals surface area contributed by atoms with Gasteiger partial charge in [0.05, 0.1) is 32.1 Å². The van der Waals surface area contributed by atoms with Crippen molar-refractivity contribution in [1.29, 1.82) is 5.26 Å². The average molecular weight is 430 g/mol. The molecule has 0 aliphatic carbocycles. The second-order valence-corrected chi connectivity index (χ2v) is 10.8. The average Bonchev–Trinajstić information content (AvgIpc) is 3.36. The Kier molecular flexibility index (Phi) is 7.24. The topological polar surface area (TPSA) is 64.3 Å². The van der Waals surface area contributed by atoms with Crippen LogP contribution in [-0.4, -0.2) is 79.9 Å². The molecule has 0 amide bonds. The molecule has 162 valence electrons. The summed E-state index contributed by atoms with van der Waals surface area (Å²) in [7, 11) is -2.48. The Morgan fingerprint density at radius 2 is 1.43 bits per heavy atom. The number of hydrogen-bond acceptors (Lipinski definition) is 5. The van der Waals surface area contributed by atoms with Crippen LogP contribution in [-0.2, 0) is 9.47 Å². The number of nitrogens with zero attached hydrogens (tertiary/aromatic N) is 5. The molecule has 8 heteroatoms. The highest BCUT2D eigenvalue weighted by Gasteiger charge is 2.42. The largest absolute Gasteiger partial charge is 0.379 e. The number of morpholine rings is 2. The molecule has 3 aliphatic heterocycles. The normalized spacial score (nSPS) is 22.5. The SMILES string of the molecule is C/C(=C(\C#N)P(=Nc1ccccc1)(N1CCOCC1)N1CCOCC1)N1CCCC1. The minimum atomic E-state index is -2.48. The predicted octanol–water partition coefficient (Wildman–Crippen LogP) is 3.86. The first-order chi connectivity index (χ1) is 14.8. The minimum Gasteiger partial charge on any atom is -0.379 e. The van der Waals surface area contributed by atoms with Crippen LogP contribution in [0.1, 0.15) is 19.8 Å². The predicted molar refractivity (Wildman–Crippen MR) is 119 cm³/mol. The lowest BCUT2D eigenvalue weighted by Crippen LogP contribution is -2.44. The van der Waals surface area contributed by atoms with Crippen molar-refractivity contribution in [3.63, 3.8) is 0 Å². The van der Waals surface area contributed by atoms with E-state index in [1.165, 1.54) is 12.8 Å². The molecular formula is C22H32N5O2P. The number of allylic oxidation sites excluding steroid dienone is 2. The maximum Gasteiger partial charge on any atom is 0.145 e. The van der Waals surface area contributed by atoms with Crippen LogP contribution in [0, 0.1) is 11.3 Å². The van der Waals surface area contributed by atoms with Gasteiger partial charge in [-0.25, -0.2) is 14.1 Å². The highest BCUT2D eigenvalue weighted by atomic mass is 31.2. The smallest absolute Gasteiger partial charge is 0.145 e. The summed E-state index contributed by atoms with van der Waals surface area (Å²) in [5.74, 6) is 0. The van der Waals surface area contributed by atoms with E-state index < -0.39 is 7.36 Å². The summed E-state index contributed by atoms with van der Waals surface area (Å²) in [5, 5.41) is 11.4. The quantitative estimate of drug-likeness (QED) is 0.523. The molecule has 0 saturated carbocycles. The van der Waals surface area contributed by atoms with E-state index >= 15 is 0 Å². The fourth-order valence-corrected chi connectivity index (χ4v) is 8.41. The molecule has 0 spiro atoms. The Morgan fingerprint density at radius 3 is 1.93 bits per heavy atom. The van der Waals surface area contributed by atoms with Gasteiger partial charge in [0.1, 0.15) is 18.7 Å². The van der Waals surface area contributed by atoms with Crippen molar-refractivity contribution in [3.05, 3.63) is 41.3 Å². The molecule has 0 N–H and O–H groups in total. The second kappa shape index (κ2) is 10.1. The fourth-order valence-electron chi connectivity index (χ4n) is 4.53. The van der Waals surface area contributed by atoms with Crippen molar-refractivity contribution in [1.82, 2.24) is 14.2 Å². The molecule has 0 radical (unpaired) electrons. The lowest BCUT2D eigenvalue weighted by molar-refractivity contribution is 0.0575. The molecule has 4 rings (SSSR count). The molecule has 3 saturated heterocycles. The molecule has 30 heavy (non-hydrogen) atoms. The van der Waals surface area contributed by atoms with Gasteiger partial charge in [-0.3, -0.25) is 0 Å². The van der Waals surface area contributed by atoms with Gasteiger partial charge in [0.2, 0.25) is 0 Å². The van der Waals surface area contributed by atoms with Crippen LogP contribution in [0.25, 0.3) is 0 Å². The van der Waals surface area contributed by atoms with Gasteiger partial charge in [-0.05, 0) is 31.9 Å². The number of likely N-dealkylation sites (tertiary alicyclic amines) is 1. The van der Waals surface area contributed by atoms with Gasteiger partial charge >= 0.3 is 0 Å². The van der Waals surface area contributed by atoms with Crippen LogP contribution in [0.2, 0.25) is 0 Å². The van der Waals surface area contributed by atoms with Gasteiger partial charge in [-0.2, -0.15) is 5.26 Å². The number of hydrogen-bond donors (Lipinski definition) is 0. The van der Waals surface area contributed by atoms with Crippen molar-refractivity contribution in [2.24, 2.45) is 4.74 Å². The van der Waals surface area contributed by atoms with Crippen molar-refractivity contribution in [2.75, 3.05) is 65.7 Å². The summed E-state index contributed by atoms with van der Waals surface area (Å²) in [5.41, 5.74) is 2.03. The van der Waals surface area contributed by atoms with Gasteiger partial charge in [-0.15, -0.1) is 0 Å². The molecule has 0 unspecified atom stereocenters. The van der Waals surface area contributed by atoms with Gasteiger partial charge in [-0.1, -0.05) is 18.2 Å². The first-order valence-corrected chi connectivity index (χ1v) is 12.6. The Hall–Kier alpha value is -1.68. The standard InChI is InChI=1S/C22H32N5O2P/c1-20(25-9-5-6-10-25)22(19-23)30(26-11-15-28-16-12-26,27-13-17-29-18-14-27)24-21-7-3-2-4-8-21/h2-4,7-8H,5-6,9-18H2,1H3/b22-20-. The van der Waals surface area contributed by atoms with E-state index in [0.717, 1.165) is 56.0 Å². The van der Waals surface area contributed by atoms with E-state index in [2.05, 4.69) is 39.4 Å². The summed E-state index contributed by atoms with van der Waals surface area (Å²) in [6, 6.07) is 12.8. The Bertz CT molecular complexity index is 811. The highest BCUT2D eigenvalue weighted by molar-refractivity contribution is 7.66. The molecule has 0 aromatic heterocycles. The number of nitriles is 1. The summed E-state index contributed by atoms with van der Waals surface area (Å²) in [6.45, 7) is 10.0. The zero-order valence-electron chi connectivity index (χ0n) is 17.9. The number of benzene rings is 1. The summed E-state index contributed by atoms with van der Waals surface area (Å²) >= 11 is 0. The van der Waals surface area contributed by atoms with E-state index in [1.54, 1.807) is 0 Å². The summed E-state index contributed by atoms with van der Waals surface area (Å²) < 4.78 is 21.7. The van der Waals surface area contributed by atoms with Crippen LogP contribution >= 0.6 is 7.36 Å². The third-order valence-electron chi connectivity index (χ3n) is 6.10. The fraction of sp³-hybridized carbons (Fsp3) is 0.591. The molecule has 1 aromatic rings. The van der Waals surface area contributed by atoms with Crippen molar-refractivity contribution < 1.29 is 9.47 Å². The molecule has 0 atom stereocenters. The Balaban J connectivity index is 1.94. The zero-order chi connectivity index (χ0) is 20.8. The van der Waals surface area contributed by atoms with Crippen LogP contribution in [0.4, 0.5) is 5.69 Å². The lowest BCUT2D eigenvalue weighted by atomic mass is 10.3. The maximum absolute atomic E-state index is 10.5. The second-order valence-electron chi connectivity index (χ2n) is 7.88. The molecule has 0 bridgehead atoms. The number of rotatable bonds is 5. The van der Waals surface area contributed by atoms with Crippen LogP contribution in [0.15, 0.2) is 46.1 Å². The van der Waals surface area contributed by atoms with Gasteiger partial charge in [0.25, 0.3) is 0 Å². The van der Waals surface area contributed by atoms with Crippen LogP contribution in [0.5, 0.6) is 0 Å². The molecule has 1 aromatic carbocycles. The van der Waals surface area contributed by atoms with E-state index in [1.807, 2.05) is 18.2 Å². The first-order valence-electron chi connectivity index (χ1n) is 11.0. The highest BCUT2D eigenvalue weighted by Crippen LogP contribution is 2.65. The van der Waals surface area contributed by atoms with E-state index in [9.17, 15) is 5.26 Å². The van der Waals surface area contributed by atoms with E-state index in [4.69, 9.17) is 14.2 Å². The van der Waals surface area contributed by atoms with Gasteiger partial charge in [0, 0.05) is 45.0 Å². The van der Waals surface area contributed by atoms with Gasteiger partial charge < -0.3 is 14.4 Å². The van der Waals surface area contributed by atoms with Gasteiger partial charge in [0.15, 0.2) is 0 Å². The molecule has 3 heterocycles. The minimum absolute atomic E-state index is 0.678. The summed E-state index contributed by atoms with van der Waals surface area (Å²) in [6.07, 6.45) is 2.37. The molecule has 3 aliphatic rings. The van der Waals surface area contributed by atoms with E-state index in [-0.39, 0.29) is 0 Å². The maximum atomic E-state index is 10.5. The van der Waals surface area contributed by atoms with Crippen molar-refractivity contribution in [3.8, 4) is 6.07 Å². The Morgan fingerprint density at radius 1 is 0.900 bits per heavy atom. The lowest BCUT2D eigenvalue weighted by Gasteiger charge is -2.47. The Labute approximate surface area is 180 Å². The van der Waals surface area contributed by atoms with E-state index in [0.29, 0.717) is 26.4 Å². The monoisotopic (exact) mass is 429 g/mol. The molecule has 7 nitrogen and oxygen atoms in total. The molecule has 3 fully saturated rings. The molecular weight excluding hydrogens is 397 g/mol. The van der Waals surface area contributed by atoms with Crippen molar-refractivity contribution in [2.45, 2.75) is 19.8 Å². The van der Waals surface area contributed by atoms with Crippen LogP contribution < -0.4 is 0 Å². The zero-order valence-corrected chi connectivity index (χ0v) is 18.8. The third-order valence-corrected chi connectivity index (χ3v) is 10.0. The third kappa shape index (κ3) is 4.34. The summed E-state index contributed by atoms with van der Waals surface area (Å²) in [4.78, 5) is 2.38. The first kappa shape index (κ1) is 21.5. The van der Waals surface area contributed by atoms with Crippen molar-refractivity contribution >= 4 is 13.0 Å².